The van der Waals surface area contributed by atoms with Gasteiger partial charge in [0.15, 0.2) is 0 Å². The zero-order chi connectivity index (χ0) is 18.7. The normalized spacial score (nSPS) is 16.2. The van der Waals surface area contributed by atoms with Crippen molar-refractivity contribution in [1.82, 2.24) is 14.5 Å². The van der Waals surface area contributed by atoms with Crippen LogP contribution in [0.25, 0.3) is 0 Å². The second kappa shape index (κ2) is 7.01. The SMILES string of the molecule is O=[N+]([O-])c1cn2c(n1)OC[C@H](OCC#Cc1ccc(C(F)(F)F)nc1)C2. The summed E-state index contributed by atoms with van der Waals surface area (Å²) in [7, 11) is 0. The summed E-state index contributed by atoms with van der Waals surface area (Å²) in [6.07, 6.45) is -2.57. The molecule has 1 aliphatic rings. The lowest BCUT2D eigenvalue weighted by molar-refractivity contribution is -0.389. The Kier molecular flexibility index (Phi) is 4.77. The zero-order valence-electron chi connectivity index (χ0n) is 13.1. The van der Waals surface area contributed by atoms with Crippen LogP contribution >= 0.6 is 0 Å². The van der Waals surface area contributed by atoms with Gasteiger partial charge in [-0.05, 0) is 17.1 Å². The summed E-state index contributed by atoms with van der Waals surface area (Å²) in [6, 6.07) is 2.23. The van der Waals surface area contributed by atoms with Crippen molar-refractivity contribution < 1.29 is 27.6 Å². The molecule has 0 bridgehead atoms. The standard InChI is InChI=1S/C15H11F3N4O4/c16-15(17,18)12-4-3-10(6-19-12)2-1-5-25-11-7-21-8-13(22(23)24)20-14(21)26-9-11/h3-4,6,8,11H,5,7,9H2/t11-/m1/s1. The Bertz CT molecular complexity index is 868. The number of rotatable bonds is 3. The molecule has 2 aromatic rings. The second-order valence-electron chi connectivity index (χ2n) is 5.27. The van der Waals surface area contributed by atoms with Crippen molar-refractivity contribution >= 4 is 5.82 Å². The summed E-state index contributed by atoms with van der Waals surface area (Å²) in [5.41, 5.74) is -0.655. The molecule has 0 radical (unpaired) electrons. The van der Waals surface area contributed by atoms with Gasteiger partial charge in [0.2, 0.25) is 0 Å². The second-order valence-corrected chi connectivity index (χ2v) is 5.27. The number of pyridine rings is 1. The van der Waals surface area contributed by atoms with Crippen LogP contribution in [0.5, 0.6) is 6.01 Å². The maximum absolute atomic E-state index is 12.4. The molecule has 0 spiro atoms. The van der Waals surface area contributed by atoms with E-state index in [1.807, 2.05) is 0 Å². The number of hydrogen-bond donors (Lipinski definition) is 0. The number of alkyl halides is 3. The predicted molar refractivity (Wildman–Crippen MR) is 80.2 cm³/mol. The Morgan fingerprint density at radius 2 is 2.27 bits per heavy atom. The van der Waals surface area contributed by atoms with E-state index in [1.54, 1.807) is 0 Å². The number of imidazole rings is 1. The first-order chi connectivity index (χ1) is 12.3. The topological polar surface area (TPSA) is 92.3 Å². The monoisotopic (exact) mass is 368 g/mol. The summed E-state index contributed by atoms with van der Waals surface area (Å²) < 4.78 is 49.5. The van der Waals surface area contributed by atoms with E-state index >= 15 is 0 Å². The first-order valence-corrected chi connectivity index (χ1v) is 7.31. The number of hydrogen-bond acceptors (Lipinski definition) is 6. The van der Waals surface area contributed by atoms with Gasteiger partial charge in [0, 0.05) is 16.7 Å². The highest BCUT2D eigenvalue weighted by molar-refractivity contribution is 5.33. The third-order valence-electron chi connectivity index (χ3n) is 3.39. The highest BCUT2D eigenvalue weighted by atomic mass is 19.4. The van der Waals surface area contributed by atoms with Gasteiger partial charge < -0.3 is 19.6 Å². The van der Waals surface area contributed by atoms with Gasteiger partial charge in [0.05, 0.1) is 6.54 Å². The van der Waals surface area contributed by atoms with Crippen molar-refractivity contribution in [1.29, 1.82) is 0 Å². The predicted octanol–water partition coefficient (Wildman–Crippen LogP) is 2.03. The number of nitrogens with zero attached hydrogens (tertiary/aromatic N) is 4. The van der Waals surface area contributed by atoms with Gasteiger partial charge in [0.1, 0.15) is 31.2 Å². The zero-order valence-corrected chi connectivity index (χ0v) is 13.1. The van der Waals surface area contributed by atoms with E-state index in [4.69, 9.17) is 9.47 Å². The minimum Gasteiger partial charge on any atom is -0.443 e. The molecule has 0 unspecified atom stereocenters. The third kappa shape index (κ3) is 4.09. The molecule has 3 heterocycles. The summed E-state index contributed by atoms with van der Waals surface area (Å²) >= 11 is 0. The number of nitro groups is 1. The Morgan fingerprint density at radius 1 is 1.46 bits per heavy atom. The van der Waals surface area contributed by atoms with Gasteiger partial charge in [0.25, 0.3) is 0 Å². The van der Waals surface area contributed by atoms with Gasteiger partial charge in [-0.3, -0.25) is 9.55 Å². The van der Waals surface area contributed by atoms with Crippen molar-refractivity contribution in [2.24, 2.45) is 0 Å². The van der Waals surface area contributed by atoms with E-state index in [1.165, 1.54) is 16.8 Å². The van der Waals surface area contributed by atoms with Crippen molar-refractivity contribution in [3.8, 4) is 17.9 Å². The molecule has 0 fully saturated rings. The molecule has 0 saturated heterocycles. The summed E-state index contributed by atoms with van der Waals surface area (Å²) in [4.78, 5) is 17.1. The molecule has 0 saturated carbocycles. The fourth-order valence-electron chi connectivity index (χ4n) is 2.19. The van der Waals surface area contributed by atoms with Gasteiger partial charge in [-0.25, -0.2) is 0 Å². The minimum atomic E-state index is -4.49. The fourth-order valence-corrected chi connectivity index (χ4v) is 2.19. The summed E-state index contributed by atoms with van der Waals surface area (Å²) in [5, 5.41) is 10.7. The Labute approximate surface area is 144 Å². The molecule has 0 aromatic carbocycles. The molecule has 0 N–H and O–H groups in total. The van der Waals surface area contributed by atoms with Gasteiger partial charge in [-0.1, -0.05) is 11.8 Å². The Morgan fingerprint density at radius 3 is 2.92 bits per heavy atom. The largest absolute Gasteiger partial charge is 0.443 e. The molecule has 26 heavy (non-hydrogen) atoms. The van der Waals surface area contributed by atoms with E-state index in [0.29, 0.717) is 12.1 Å². The van der Waals surface area contributed by atoms with E-state index in [2.05, 4.69) is 21.8 Å². The molecule has 3 rings (SSSR count). The Hall–Kier alpha value is -3.13. The van der Waals surface area contributed by atoms with E-state index in [-0.39, 0.29) is 31.1 Å². The van der Waals surface area contributed by atoms with Crippen LogP contribution in [0.15, 0.2) is 24.5 Å². The maximum Gasteiger partial charge on any atom is 0.433 e. The van der Waals surface area contributed by atoms with Gasteiger partial charge in [-0.15, -0.1) is 0 Å². The lowest BCUT2D eigenvalue weighted by Crippen LogP contribution is -2.32. The lowest BCUT2D eigenvalue weighted by Gasteiger charge is -2.21. The lowest BCUT2D eigenvalue weighted by atomic mass is 10.2. The van der Waals surface area contributed by atoms with Crippen molar-refractivity contribution in [2.75, 3.05) is 13.2 Å². The molecule has 136 valence electrons. The molecular formula is C15H11F3N4O4. The molecule has 0 aliphatic carbocycles. The smallest absolute Gasteiger partial charge is 0.433 e. The van der Waals surface area contributed by atoms with Crippen LogP contribution in [0, 0.1) is 22.0 Å². The van der Waals surface area contributed by atoms with E-state index in [0.717, 1.165) is 12.3 Å². The van der Waals surface area contributed by atoms with Crippen LogP contribution in [-0.4, -0.2) is 38.8 Å². The van der Waals surface area contributed by atoms with Gasteiger partial charge >= 0.3 is 18.0 Å². The average Bonchev–Trinajstić information content (AvgIpc) is 3.02. The van der Waals surface area contributed by atoms with Gasteiger partial charge in [-0.2, -0.15) is 13.2 Å². The van der Waals surface area contributed by atoms with Crippen molar-refractivity contribution in [3.05, 3.63) is 45.9 Å². The number of halogens is 3. The van der Waals surface area contributed by atoms with E-state index < -0.39 is 16.8 Å². The maximum atomic E-state index is 12.4. The van der Waals surface area contributed by atoms with Crippen LogP contribution < -0.4 is 4.74 Å². The van der Waals surface area contributed by atoms with E-state index in [9.17, 15) is 23.3 Å². The number of ether oxygens (including phenoxy) is 2. The molecule has 1 atom stereocenters. The molecule has 8 nitrogen and oxygen atoms in total. The number of aromatic nitrogens is 3. The number of fused-ring (bicyclic) bond motifs is 1. The highest BCUT2D eigenvalue weighted by Gasteiger charge is 2.32. The summed E-state index contributed by atoms with van der Waals surface area (Å²) in [5.74, 6) is 5.01. The van der Waals surface area contributed by atoms with Crippen molar-refractivity contribution in [3.63, 3.8) is 0 Å². The molecule has 2 aromatic heterocycles. The van der Waals surface area contributed by atoms with Crippen LogP contribution in [0.1, 0.15) is 11.3 Å². The summed E-state index contributed by atoms with van der Waals surface area (Å²) in [6.45, 7) is 0.499. The first-order valence-electron chi connectivity index (χ1n) is 7.31. The fraction of sp³-hybridized carbons (Fsp3) is 0.333. The minimum absolute atomic E-state index is 0.0151. The Balaban J connectivity index is 1.53. The molecule has 0 amide bonds. The third-order valence-corrected chi connectivity index (χ3v) is 3.39. The van der Waals surface area contributed by atoms with Crippen LogP contribution in [0.2, 0.25) is 0 Å². The highest BCUT2D eigenvalue weighted by Crippen LogP contribution is 2.27. The van der Waals surface area contributed by atoms with Crippen LogP contribution in [0.4, 0.5) is 19.0 Å². The molecule has 1 aliphatic heterocycles. The van der Waals surface area contributed by atoms with Crippen molar-refractivity contribution in [2.45, 2.75) is 18.8 Å². The quantitative estimate of drug-likeness (QED) is 0.468. The van der Waals surface area contributed by atoms with Crippen LogP contribution in [0.3, 0.4) is 0 Å². The van der Waals surface area contributed by atoms with Crippen LogP contribution in [-0.2, 0) is 17.5 Å². The average molecular weight is 368 g/mol. The molecular weight excluding hydrogens is 357 g/mol. The first kappa shape index (κ1) is 17.7. The molecule has 11 heteroatoms.